The average Bonchev–Trinajstić information content (AvgIpc) is 2.35. The number of fused-ring (bicyclic) bond motifs is 3. The molecule has 0 radical (unpaired) electrons. The zero-order valence-corrected chi connectivity index (χ0v) is 12.5. The molecule has 1 aromatic rings. The summed E-state index contributed by atoms with van der Waals surface area (Å²) < 4.78 is 11.8. The first-order valence-electron chi connectivity index (χ1n) is 6.80. The van der Waals surface area contributed by atoms with Gasteiger partial charge in [-0.2, -0.15) is 0 Å². The Morgan fingerprint density at radius 3 is 2.52 bits per heavy atom. The number of hydrogen-bond donors (Lipinski definition) is 0. The van der Waals surface area contributed by atoms with Crippen molar-refractivity contribution >= 4 is 12.2 Å². The molecule has 2 heterocycles. The maximum Gasteiger partial charge on any atom is 0.289 e. The van der Waals surface area contributed by atoms with Gasteiger partial charge in [0, 0.05) is 11.6 Å². The summed E-state index contributed by atoms with van der Waals surface area (Å²) in [6.07, 6.45) is 5.49. The highest BCUT2D eigenvalue weighted by molar-refractivity contribution is 5.76. The van der Waals surface area contributed by atoms with Gasteiger partial charge in [0.25, 0.3) is 5.70 Å². The van der Waals surface area contributed by atoms with Crippen LogP contribution in [0.3, 0.4) is 0 Å². The van der Waals surface area contributed by atoms with Crippen molar-refractivity contribution in [3.63, 3.8) is 0 Å². The molecule has 0 spiro atoms. The molecule has 0 N–H and O–H groups in total. The van der Waals surface area contributed by atoms with Crippen LogP contribution in [0, 0.1) is 10.1 Å². The summed E-state index contributed by atoms with van der Waals surface area (Å²) in [6.45, 7) is 7.34. The lowest BCUT2D eigenvalue weighted by Gasteiger charge is -2.33. The minimum atomic E-state index is -0.980. The quantitative estimate of drug-likeness (QED) is 0.584. The van der Waals surface area contributed by atoms with E-state index in [-0.39, 0.29) is 11.3 Å². The molecule has 0 atom stereocenters. The molecule has 0 aromatic heterocycles. The molecule has 0 bridgehead atoms. The second kappa shape index (κ2) is 4.10. The highest BCUT2D eigenvalue weighted by Gasteiger charge is 2.41. The molecular weight excluding hydrogens is 270 g/mol. The Kier molecular flexibility index (Phi) is 2.67. The van der Waals surface area contributed by atoms with E-state index < -0.39 is 10.5 Å². The fraction of sp³-hybridized carbons (Fsp3) is 0.375. The molecule has 3 rings (SSSR count). The van der Waals surface area contributed by atoms with Gasteiger partial charge < -0.3 is 9.47 Å². The standard InChI is InChI=1S/C16H17NO4/c1-15(2)8-7-11-12(20-15)6-5-10-9-13(17(18)19)16(3,4)21-14(10)11/h5-9H,1-4H3. The van der Waals surface area contributed by atoms with Crippen LogP contribution < -0.4 is 9.47 Å². The van der Waals surface area contributed by atoms with Crippen molar-refractivity contribution in [2.45, 2.75) is 38.9 Å². The lowest BCUT2D eigenvalue weighted by atomic mass is 9.94. The first-order valence-corrected chi connectivity index (χ1v) is 6.80. The van der Waals surface area contributed by atoms with Gasteiger partial charge >= 0.3 is 0 Å². The molecule has 5 heteroatoms. The van der Waals surface area contributed by atoms with Crippen LogP contribution in [0.1, 0.15) is 38.8 Å². The molecule has 2 aliphatic heterocycles. The SMILES string of the molecule is CC1(C)C=Cc2c(ccc3c2OC(C)(C)C([N+](=O)[O-])=C3)O1. The molecule has 21 heavy (non-hydrogen) atoms. The smallest absolute Gasteiger partial charge is 0.289 e. The predicted octanol–water partition coefficient (Wildman–Crippen LogP) is 3.66. The fourth-order valence-electron chi connectivity index (χ4n) is 2.58. The number of nitro groups is 1. The van der Waals surface area contributed by atoms with E-state index in [1.807, 2.05) is 32.1 Å². The van der Waals surface area contributed by atoms with Crippen LogP contribution in [0.5, 0.6) is 11.5 Å². The van der Waals surface area contributed by atoms with E-state index in [9.17, 15) is 10.1 Å². The molecule has 5 nitrogen and oxygen atoms in total. The molecule has 0 unspecified atom stereocenters. The van der Waals surface area contributed by atoms with Crippen LogP contribution in [0.25, 0.3) is 12.2 Å². The average molecular weight is 287 g/mol. The van der Waals surface area contributed by atoms with E-state index in [1.165, 1.54) is 0 Å². The van der Waals surface area contributed by atoms with Crippen molar-refractivity contribution in [1.29, 1.82) is 0 Å². The molecule has 0 saturated carbocycles. The van der Waals surface area contributed by atoms with Crippen LogP contribution in [0.15, 0.2) is 23.9 Å². The van der Waals surface area contributed by atoms with Crippen molar-refractivity contribution in [2.75, 3.05) is 0 Å². The van der Waals surface area contributed by atoms with Crippen molar-refractivity contribution in [3.05, 3.63) is 45.1 Å². The maximum atomic E-state index is 11.2. The van der Waals surface area contributed by atoms with E-state index in [1.54, 1.807) is 26.0 Å². The first kappa shape index (κ1) is 13.7. The van der Waals surface area contributed by atoms with Gasteiger partial charge in [0.1, 0.15) is 17.1 Å². The lowest BCUT2D eigenvalue weighted by molar-refractivity contribution is -0.439. The van der Waals surface area contributed by atoms with Crippen molar-refractivity contribution in [1.82, 2.24) is 0 Å². The minimum absolute atomic E-state index is 0.0518. The minimum Gasteiger partial charge on any atom is -0.483 e. The molecule has 2 aliphatic rings. The summed E-state index contributed by atoms with van der Waals surface area (Å²) in [5.74, 6) is 1.37. The number of ether oxygens (including phenoxy) is 2. The number of benzene rings is 1. The number of rotatable bonds is 1. The van der Waals surface area contributed by atoms with Gasteiger partial charge in [-0.1, -0.05) is 0 Å². The fourth-order valence-corrected chi connectivity index (χ4v) is 2.58. The summed E-state index contributed by atoms with van der Waals surface area (Å²) >= 11 is 0. The molecule has 1 aromatic carbocycles. The van der Waals surface area contributed by atoms with Crippen LogP contribution in [0.4, 0.5) is 0 Å². The normalized spacial score (nSPS) is 20.5. The van der Waals surface area contributed by atoms with E-state index in [4.69, 9.17) is 9.47 Å². The van der Waals surface area contributed by atoms with Crippen LogP contribution in [-0.4, -0.2) is 16.1 Å². The van der Waals surface area contributed by atoms with E-state index in [2.05, 4.69) is 0 Å². The Balaban J connectivity index is 2.17. The Morgan fingerprint density at radius 1 is 1.14 bits per heavy atom. The van der Waals surface area contributed by atoms with Crippen LogP contribution in [0.2, 0.25) is 0 Å². The highest BCUT2D eigenvalue weighted by Crippen LogP contribution is 2.44. The third kappa shape index (κ3) is 2.18. The third-order valence-electron chi connectivity index (χ3n) is 3.67. The second-order valence-corrected chi connectivity index (χ2v) is 6.33. The Labute approximate surface area is 123 Å². The molecule has 110 valence electrons. The summed E-state index contributed by atoms with van der Waals surface area (Å²) in [5, 5.41) is 11.2. The molecule has 0 saturated heterocycles. The van der Waals surface area contributed by atoms with Crippen molar-refractivity contribution in [3.8, 4) is 11.5 Å². The summed E-state index contributed by atoms with van der Waals surface area (Å²) in [4.78, 5) is 10.8. The Hall–Kier alpha value is -2.30. The van der Waals surface area contributed by atoms with Gasteiger partial charge in [0.05, 0.1) is 10.5 Å². The first-order chi connectivity index (χ1) is 9.70. The monoisotopic (exact) mass is 287 g/mol. The Morgan fingerprint density at radius 2 is 1.86 bits per heavy atom. The zero-order valence-electron chi connectivity index (χ0n) is 12.5. The lowest BCUT2D eigenvalue weighted by Crippen LogP contribution is -2.37. The zero-order chi connectivity index (χ0) is 15.4. The molecule has 0 amide bonds. The number of hydrogen-bond acceptors (Lipinski definition) is 4. The number of nitrogens with zero attached hydrogens (tertiary/aromatic N) is 1. The second-order valence-electron chi connectivity index (χ2n) is 6.33. The topological polar surface area (TPSA) is 61.6 Å². The molecular formula is C16H17NO4. The van der Waals surface area contributed by atoms with Crippen molar-refractivity contribution in [2.24, 2.45) is 0 Å². The van der Waals surface area contributed by atoms with Crippen LogP contribution in [-0.2, 0) is 0 Å². The Bertz CT molecular complexity index is 698. The van der Waals surface area contributed by atoms with E-state index in [0.29, 0.717) is 11.3 Å². The third-order valence-corrected chi connectivity index (χ3v) is 3.67. The van der Waals surface area contributed by atoms with E-state index >= 15 is 0 Å². The van der Waals surface area contributed by atoms with E-state index in [0.717, 1.165) is 11.3 Å². The van der Waals surface area contributed by atoms with Crippen molar-refractivity contribution < 1.29 is 14.4 Å². The molecule has 0 fully saturated rings. The van der Waals surface area contributed by atoms with Gasteiger partial charge in [-0.25, -0.2) is 0 Å². The van der Waals surface area contributed by atoms with Gasteiger partial charge in [-0.3, -0.25) is 10.1 Å². The largest absolute Gasteiger partial charge is 0.483 e. The van der Waals surface area contributed by atoms with Gasteiger partial charge in [0.2, 0.25) is 0 Å². The summed E-state index contributed by atoms with van der Waals surface area (Å²) in [7, 11) is 0. The maximum absolute atomic E-state index is 11.2. The highest BCUT2D eigenvalue weighted by atomic mass is 16.6. The molecule has 0 aliphatic carbocycles. The predicted molar refractivity (Wildman–Crippen MR) is 79.9 cm³/mol. The van der Waals surface area contributed by atoms with Gasteiger partial charge in [0.15, 0.2) is 5.60 Å². The van der Waals surface area contributed by atoms with Gasteiger partial charge in [-0.15, -0.1) is 0 Å². The summed E-state index contributed by atoms with van der Waals surface area (Å²) in [5.41, 5.74) is 0.238. The van der Waals surface area contributed by atoms with Gasteiger partial charge in [-0.05, 0) is 52.0 Å². The summed E-state index contributed by atoms with van der Waals surface area (Å²) in [6, 6.07) is 3.62. The van der Waals surface area contributed by atoms with Crippen LogP contribution >= 0.6 is 0 Å².